The molecule has 0 aromatic heterocycles. The molecule has 2 rings (SSSR count). The Balaban J connectivity index is 1.78. The van der Waals surface area contributed by atoms with Crippen molar-refractivity contribution >= 4 is 11.8 Å². The quantitative estimate of drug-likeness (QED) is 0.595. The van der Waals surface area contributed by atoms with Crippen molar-refractivity contribution in [2.45, 2.75) is 39.3 Å². The Morgan fingerprint density at radius 2 is 1.66 bits per heavy atom. The third-order valence-electron chi connectivity index (χ3n) is 4.61. The maximum Gasteiger partial charge on any atom is 0.254 e. The number of halogens is 1. The third kappa shape index (κ3) is 6.98. The number of hydrogen-bond donors (Lipinski definition) is 2. The van der Waals surface area contributed by atoms with Crippen LogP contribution in [-0.2, 0) is 9.53 Å². The van der Waals surface area contributed by atoms with Crippen LogP contribution in [-0.4, -0.2) is 31.0 Å². The van der Waals surface area contributed by atoms with Crippen LogP contribution in [0.25, 0.3) is 0 Å². The maximum atomic E-state index is 13.8. The van der Waals surface area contributed by atoms with E-state index in [1.807, 2.05) is 51.1 Å². The third-order valence-corrected chi connectivity index (χ3v) is 4.61. The first-order valence-corrected chi connectivity index (χ1v) is 9.89. The standard InChI is InChI=1S/C23H29FN2O3/c1-16(2)21(26-22(27)19-12-7-8-13-20(19)24)23(28)25-14-9-15-29-17(3)18-10-5-4-6-11-18/h4-8,10-13,16-17,21H,9,14-15H2,1-3H3,(H,25,28)(H,26,27). The van der Waals surface area contributed by atoms with E-state index in [4.69, 9.17) is 4.74 Å². The van der Waals surface area contributed by atoms with E-state index in [0.29, 0.717) is 19.6 Å². The van der Waals surface area contributed by atoms with E-state index in [1.165, 1.54) is 18.2 Å². The Kier molecular flexibility index (Phi) is 8.80. The van der Waals surface area contributed by atoms with E-state index in [9.17, 15) is 14.0 Å². The second-order valence-electron chi connectivity index (χ2n) is 7.24. The van der Waals surface area contributed by atoms with Crippen molar-refractivity contribution in [3.63, 3.8) is 0 Å². The smallest absolute Gasteiger partial charge is 0.254 e. The highest BCUT2D eigenvalue weighted by Crippen LogP contribution is 2.15. The van der Waals surface area contributed by atoms with Gasteiger partial charge in [0.05, 0.1) is 11.7 Å². The molecule has 2 aromatic rings. The second-order valence-corrected chi connectivity index (χ2v) is 7.24. The number of ether oxygens (including phenoxy) is 1. The first-order valence-electron chi connectivity index (χ1n) is 9.89. The van der Waals surface area contributed by atoms with Gasteiger partial charge >= 0.3 is 0 Å². The Hall–Kier alpha value is -2.73. The van der Waals surface area contributed by atoms with E-state index in [0.717, 1.165) is 5.56 Å². The topological polar surface area (TPSA) is 67.4 Å². The molecule has 0 bridgehead atoms. The lowest BCUT2D eigenvalue weighted by atomic mass is 10.0. The minimum absolute atomic E-state index is 0.0182. The van der Waals surface area contributed by atoms with Crippen molar-refractivity contribution in [3.05, 3.63) is 71.5 Å². The summed E-state index contributed by atoms with van der Waals surface area (Å²) < 4.78 is 19.6. The lowest BCUT2D eigenvalue weighted by molar-refractivity contribution is -0.124. The second kappa shape index (κ2) is 11.3. The van der Waals surface area contributed by atoms with Crippen molar-refractivity contribution in [1.29, 1.82) is 0 Å². The average Bonchev–Trinajstić information content (AvgIpc) is 2.72. The Morgan fingerprint density at radius 1 is 1.00 bits per heavy atom. The molecule has 2 amide bonds. The summed E-state index contributed by atoms with van der Waals surface area (Å²) in [5, 5.41) is 5.45. The van der Waals surface area contributed by atoms with Crippen LogP contribution >= 0.6 is 0 Å². The number of carbonyl (C=O) groups is 2. The molecule has 0 aliphatic rings. The first kappa shape index (κ1) is 22.6. The summed E-state index contributed by atoms with van der Waals surface area (Å²) in [5.41, 5.74) is 1.03. The zero-order chi connectivity index (χ0) is 21.2. The fourth-order valence-electron chi connectivity index (χ4n) is 2.87. The molecule has 0 aliphatic carbocycles. The van der Waals surface area contributed by atoms with Gasteiger partial charge in [0.1, 0.15) is 11.9 Å². The van der Waals surface area contributed by atoms with E-state index in [-0.39, 0.29) is 23.5 Å². The van der Waals surface area contributed by atoms with Crippen LogP contribution in [0.1, 0.15) is 49.2 Å². The number of rotatable bonds is 10. The minimum atomic E-state index is -0.744. The van der Waals surface area contributed by atoms with Crippen LogP contribution in [0.5, 0.6) is 0 Å². The highest BCUT2D eigenvalue weighted by molar-refractivity contribution is 5.97. The summed E-state index contributed by atoms with van der Waals surface area (Å²) in [7, 11) is 0. The van der Waals surface area contributed by atoms with Gasteiger partial charge in [0.2, 0.25) is 5.91 Å². The summed E-state index contributed by atoms with van der Waals surface area (Å²) in [6.45, 7) is 6.58. The number of amides is 2. The summed E-state index contributed by atoms with van der Waals surface area (Å²) in [5.74, 6) is -1.64. The summed E-state index contributed by atoms with van der Waals surface area (Å²) in [6, 6.07) is 14.9. The Labute approximate surface area is 171 Å². The van der Waals surface area contributed by atoms with Crippen molar-refractivity contribution in [2.75, 3.05) is 13.2 Å². The summed E-state index contributed by atoms with van der Waals surface area (Å²) in [6.07, 6.45) is 0.630. The molecule has 0 heterocycles. The predicted molar refractivity (Wildman–Crippen MR) is 111 cm³/mol. The van der Waals surface area contributed by atoms with Gasteiger partial charge in [-0.3, -0.25) is 9.59 Å². The van der Waals surface area contributed by atoms with Crippen LogP contribution in [0.15, 0.2) is 54.6 Å². The molecular weight excluding hydrogens is 371 g/mol. The molecule has 6 heteroatoms. The van der Waals surface area contributed by atoms with Gasteiger partial charge in [-0.25, -0.2) is 4.39 Å². The zero-order valence-corrected chi connectivity index (χ0v) is 17.2. The minimum Gasteiger partial charge on any atom is -0.374 e. The lowest BCUT2D eigenvalue weighted by Crippen LogP contribution is -2.50. The number of carbonyl (C=O) groups excluding carboxylic acids is 2. The molecule has 0 saturated carbocycles. The molecule has 2 aromatic carbocycles. The number of benzene rings is 2. The van der Waals surface area contributed by atoms with Crippen LogP contribution < -0.4 is 10.6 Å². The fourth-order valence-corrected chi connectivity index (χ4v) is 2.87. The molecule has 2 N–H and O–H groups in total. The summed E-state index contributed by atoms with van der Waals surface area (Å²) in [4.78, 5) is 24.8. The van der Waals surface area contributed by atoms with E-state index in [1.54, 1.807) is 6.07 Å². The van der Waals surface area contributed by atoms with Crippen molar-refractivity contribution < 1.29 is 18.7 Å². The molecule has 0 spiro atoms. The van der Waals surface area contributed by atoms with Crippen molar-refractivity contribution in [3.8, 4) is 0 Å². The predicted octanol–water partition coefficient (Wildman–Crippen LogP) is 3.86. The SMILES string of the molecule is CC(OCCCNC(=O)C(NC(=O)c1ccccc1F)C(C)C)c1ccccc1. The number of hydrogen-bond acceptors (Lipinski definition) is 3. The molecule has 2 unspecified atom stereocenters. The maximum absolute atomic E-state index is 13.8. The van der Waals surface area contributed by atoms with Crippen LogP contribution in [0.4, 0.5) is 4.39 Å². The van der Waals surface area contributed by atoms with Crippen LogP contribution in [0, 0.1) is 11.7 Å². The van der Waals surface area contributed by atoms with E-state index in [2.05, 4.69) is 10.6 Å². The van der Waals surface area contributed by atoms with Gasteiger partial charge in [0, 0.05) is 13.2 Å². The van der Waals surface area contributed by atoms with Gasteiger partial charge in [0.15, 0.2) is 0 Å². The van der Waals surface area contributed by atoms with Crippen LogP contribution in [0.2, 0.25) is 0 Å². The average molecular weight is 400 g/mol. The first-order chi connectivity index (χ1) is 13.9. The van der Waals surface area contributed by atoms with Crippen molar-refractivity contribution in [2.24, 2.45) is 5.92 Å². The van der Waals surface area contributed by atoms with Gasteiger partial charge in [0.25, 0.3) is 5.91 Å². The highest BCUT2D eigenvalue weighted by atomic mass is 19.1. The Morgan fingerprint density at radius 3 is 2.31 bits per heavy atom. The van der Waals surface area contributed by atoms with Crippen molar-refractivity contribution in [1.82, 2.24) is 10.6 Å². The molecule has 0 fully saturated rings. The van der Waals surface area contributed by atoms with E-state index < -0.39 is 17.8 Å². The van der Waals surface area contributed by atoms with Gasteiger partial charge < -0.3 is 15.4 Å². The zero-order valence-electron chi connectivity index (χ0n) is 17.2. The highest BCUT2D eigenvalue weighted by Gasteiger charge is 2.25. The monoisotopic (exact) mass is 400 g/mol. The molecule has 29 heavy (non-hydrogen) atoms. The molecule has 156 valence electrons. The van der Waals surface area contributed by atoms with Gasteiger partial charge in [-0.2, -0.15) is 0 Å². The normalized spacial score (nSPS) is 13.0. The molecule has 2 atom stereocenters. The fraction of sp³-hybridized carbons (Fsp3) is 0.391. The molecule has 0 radical (unpaired) electrons. The summed E-state index contributed by atoms with van der Waals surface area (Å²) >= 11 is 0. The van der Waals surface area contributed by atoms with Gasteiger partial charge in [-0.1, -0.05) is 56.3 Å². The lowest BCUT2D eigenvalue weighted by Gasteiger charge is -2.22. The Bertz CT molecular complexity index is 796. The largest absolute Gasteiger partial charge is 0.374 e. The van der Waals surface area contributed by atoms with E-state index >= 15 is 0 Å². The number of nitrogens with one attached hydrogen (secondary N) is 2. The molecular formula is C23H29FN2O3. The molecule has 5 nitrogen and oxygen atoms in total. The molecule has 0 saturated heterocycles. The van der Waals surface area contributed by atoms with Gasteiger partial charge in [-0.05, 0) is 37.0 Å². The molecule has 0 aliphatic heterocycles. The van der Waals surface area contributed by atoms with Gasteiger partial charge in [-0.15, -0.1) is 0 Å². The van der Waals surface area contributed by atoms with Crippen LogP contribution in [0.3, 0.4) is 0 Å².